The highest BCUT2D eigenvalue weighted by Crippen LogP contribution is 2.25. The van der Waals surface area contributed by atoms with Crippen molar-refractivity contribution in [2.45, 2.75) is 0 Å². The Labute approximate surface area is 149 Å². The fourth-order valence-electron chi connectivity index (χ4n) is 1.94. The highest BCUT2D eigenvalue weighted by Gasteiger charge is 2.13. The SMILES string of the molecule is C#CCOc1ccc(Cl)cc1/C=C(\C#N)C(=O)Nc1ccccc1F. The summed E-state index contributed by atoms with van der Waals surface area (Å²) >= 11 is 5.95. The maximum atomic E-state index is 13.6. The standard InChI is InChI=1S/C19H12ClFN2O2/c1-2-9-25-18-8-7-15(20)11-13(18)10-14(12-22)19(24)23-17-6-4-3-5-16(17)21/h1,3-8,10-11H,9H2,(H,23,24)/b14-10+. The van der Waals surface area contributed by atoms with Crippen LogP contribution in [-0.4, -0.2) is 12.5 Å². The second-order valence-corrected chi connectivity index (χ2v) is 5.22. The minimum absolute atomic E-state index is 0.0196. The number of rotatable bonds is 5. The van der Waals surface area contributed by atoms with Crippen LogP contribution in [0.3, 0.4) is 0 Å². The first-order chi connectivity index (χ1) is 12.0. The van der Waals surface area contributed by atoms with Gasteiger partial charge in [-0.2, -0.15) is 5.26 Å². The first kappa shape index (κ1) is 18.1. The van der Waals surface area contributed by atoms with Gasteiger partial charge in [0.15, 0.2) is 0 Å². The van der Waals surface area contributed by atoms with E-state index in [1.54, 1.807) is 24.3 Å². The zero-order valence-corrected chi connectivity index (χ0v) is 13.7. The number of carbonyl (C=O) groups is 1. The van der Waals surface area contributed by atoms with Crippen LogP contribution in [0.5, 0.6) is 5.75 Å². The number of anilines is 1. The van der Waals surface area contributed by atoms with Crippen LogP contribution in [0, 0.1) is 29.5 Å². The van der Waals surface area contributed by atoms with E-state index in [4.69, 9.17) is 22.8 Å². The van der Waals surface area contributed by atoms with Crippen LogP contribution < -0.4 is 10.1 Å². The van der Waals surface area contributed by atoms with E-state index in [-0.39, 0.29) is 17.9 Å². The molecular formula is C19H12ClFN2O2. The number of ether oxygens (including phenoxy) is 1. The Bertz CT molecular complexity index is 910. The number of carbonyl (C=O) groups excluding carboxylic acids is 1. The molecule has 0 unspecified atom stereocenters. The Hall–Kier alpha value is -3.28. The summed E-state index contributed by atoms with van der Waals surface area (Å²) in [6, 6.07) is 12.1. The highest BCUT2D eigenvalue weighted by molar-refractivity contribution is 6.30. The molecular weight excluding hydrogens is 343 g/mol. The van der Waals surface area contributed by atoms with Crippen molar-refractivity contribution in [3.63, 3.8) is 0 Å². The molecule has 0 heterocycles. The third-order valence-electron chi connectivity index (χ3n) is 3.07. The minimum Gasteiger partial charge on any atom is -0.480 e. The Balaban J connectivity index is 2.32. The number of nitrogens with zero attached hydrogens (tertiary/aromatic N) is 1. The molecule has 2 aromatic carbocycles. The van der Waals surface area contributed by atoms with Crippen molar-refractivity contribution >= 4 is 29.3 Å². The number of hydrogen-bond acceptors (Lipinski definition) is 3. The van der Waals surface area contributed by atoms with Gasteiger partial charge in [-0.25, -0.2) is 4.39 Å². The van der Waals surface area contributed by atoms with Crippen molar-refractivity contribution in [1.29, 1.82) is 5.26 Å². The van der Waals surface area contributed by atoms with E-state index in [1.165, 1.54) is 30.3 Å². The predicted octanol–water partition coefficient (Wildman–Crippen LogP) is 4.04. The highest BCUT2D eigenvalue weighted by atomic mass is 35.5. The second kappa shape index (κ2) is 8.54. The van der Waals surface area contributed by atoms with Crippen molar-refractivity contribution < 1.29 is 13.9 Å². The van der Waals surface area contributed by atoms with Crippen molar-refractivity contribution in [2.75, 3.05) is 11.9 Å². The molecule has 25 heavy (non-hydrogen) atoms. The molecule has 124 valence electrons. The Kier molecular flexibility index (Phi) is 6.17. The Morgan fingerprint density at radius 2 is 2.12 bits per heavy atom. The number of hydrogen-bond donors (Lipinski definition) is 1. The van der Waals surface area contributed by atoms with Crippen molar-refractivity contribution in [1.82, 2.24) is 0 Å². The normalized spacial score (nSPS) is 10.5. The number of amides is 1. The van der Waals surface area contributed by atoms with Gasteiger partial charge in [-0.1, -0.05) is 29.7 Å². The average Bonchev–Trinajstić information content (AvgIpc) is 2.60. The maximum Gasteiger partial charge on any atom is 0.266 e. The van der Waals surface area contributed by atoms with Gasteiger partial charge in [0.25, 0.3) is 5.91 Å². The largest absolute Gasteiger partial charge is 0.480 e. The monoisotopic (exact) mass is 354 g/mol. The van der Waals surface area contributed by atoms with Gasteiger partial charge in [0.2, 0.25) is 0 Å². The summed E-state index contributed by atoms with van der Waals surface area (Å²) in [6.45, 7) is 0.0196. The molecule has 0 saturated heterocycles. The van der Waals surface area contributed by atoms with E-state index in [0.29, 0.717) is 16.3 Å². The van der Waals surface area contributed by atoms with Crippen LogP contribution in [0.2, 0.25) is 5.02 Å². The van der Waals surface area contributed by atoms with Gasteiger partial charge in [0.05, 0.1) is 5.69 Å². The summed E-state index contributed by atoms with van der Waals surface area (Å²) in [5, 5.41) is 12.0. The fraction of sp³-hybridized carbons (Fsp3) is 0.0526. The van der Waals surface area contributed by atoms with Crippen LogP contribution in [0.25, 0.3) is 6.08 Å². The van der Waals surface area contributed by atoms with Gasteiger partial charge in [0, 0.05) is 10.6 Å². The lowest BCUT2D eigenvalue weighted by Gasteiger charge is -2.08. The molecule has 0 fully saturated rings. The number of nitriles is 1. The van der Waals surface area contributed by atoms with Crippen LogP contribution in [0.1, 0.15) is 5.56 Å². The average molecular weight is 355 g/mol. The van der Waals surface area contributed by atoms with E-state index in [9.17, 15) is 14.4 Å². The van der Waals surface area contributed by atoms with Gasteiger partial charge < -0.3 is 10.1 Å². The molecule has 0 aliphatic carbocycles. The van der Waals surface area contributed by atoms with Gasteiger partial charge in [-0.15, -0.1) is 6.42 Å². The van der Waals surface area contributed by atoms with Crippen molar-refractivity contribution in [2.24, 2.45) is 0 Å². The molecule has 1 N–H and O–H groups in total. The zero-order valence-electron chi connectivity index (χ0n) is 12.9. The number of para-hydroxylation sites is 1. The predicted molar refractivity (Wildman–Crippen MR) is 94.4 cm³/mol. The molecule has 4 nitrogen and oxygen atoms in total. The van der Waals surface area contributed by atoms with Gasteiger partial charge >= 0.3 is 0 Å². The lowest BCUT2D eigenvalue weighted by atomic mass is 10.1. The molecule has 0 bridgehead atoms. The smallest absolute Gasteiger partial charge is 0.266 e. The maximum absolute atomic E-state index is 13.6. The van der Waals surface area contributed by atoms with Crippen LogP contribution in [0.15, 0.2) is 48.0 Å². The van der Waals surface area contributed by atoms with E-state index in [1.807, 2.05) is 0 Å². The molecule has 0 saturated carbocycles. The lowest BCUT2D eigenvalue weighted by Crippen LogP contribution is -2.14. The summed E-state index contributed by atoms with van der Waals surface area (Å²) in [5.74, 6) is 1.34. The van der Waals surface area contributed by atoms with E-state index in [0.717, 1.165) is 0 Å². The third kappa shape index (κ3) is 4.84. The van der Waals surface area contributed by atoms with Gasteiger partial charge in [0.1, 0.15) is 29.8 Å². The van der Waals surface area contributed by atoms with Gasteiger partial charge in [-0.05, 0) is 36.4 Å². The molecule has 6 heteroatoms. The number of nitrogens with one attached hydrogen (secondary N) is 1. The van der Waals surface area contributed by atoms with E-state index >= 15 is 0 Å². The van der Waals surface area contributed by atoms with Crippen LogP contribution >= 0.6 is 11.6 Å². The quantitative estimate of drug-likeness (QED) is 0.501. The van der Waals surface area contributed by atoms with Gasteiger partial charge in [-0.3, -0.25) is 4.79 Å². The molecule has 2 aromatic rings. The summed E-state index contributed by atoms with van der Waals surface area (Å²) < 4.78 is 19.0. The Morgan fingerprint density at radius 3 is 2.80 bits per heavy atom. The Morgan fingerprint density at radius 1 is 1.36 bits per heavy atom. The van der Waals surface area contributed by atoms with Crippen LogP contribution in [-0.2, 0) is 4.79 Å². The number of benzene rings is 2. The minimum atomic E-state index is -0.754. The summed E-state index contributed by atoms with van der Waals surface area (Å²) in [6.07, 6.45) is 6.46. The molecule has 0 aliphatic heterocycles. The van der Waals surface area contributed by atoms with E-state index < -0.39 is 11.7 Å². The number of terminal acetylenes is 1. The molecule has 2 rings (SSSR count). The van der Waals surface area contributed by atoms with Crippen molar-refractivity contribution in [3.05, 3.63) is 64.4 Å². The molecule has 1 amide bonds. The lowest BCUT2D eigenvalue weighted by molar-refractivity contribution is -0.112. The molecule has 0 aliphatic rings. The molecule has 0 aromatic heterocycles. The topological polar surface area (TPSA) is 62.1 Å². The summed E-state index contributed by atoms with van der Waals surface area (Å²) in [4.78, 5) is 12.2. The van der Waals surface area contributed by atoms with Crippen molar-refractivity contribution in [3.8, 4) is 24.2 Å². The zero-order chi connectivity index (χ0) is 18.2. The number of halogens is 2. The third-order valence-corrected chi connectivity index (χ3v) is 3.30. The van der Waals surface area contributed by atoms with Crippen LogP contribution in [0.4, 0.5) is 10.1 Å². The fourth-order valence-corrected chi connectivity index (χ4v) is 2.12. The summed E-state index contributed by atoms with van der Waals surface area (Å²) in [7, 11) is 0. The first-order valence-electron chi connectivity index (χ1n) is 7.08. The van der Waals surface area contributed by atoms with E-state index in [2.05, 4.69) is 11.2 Å². The summed E-state index contributed by atoms with van der Waals surface area (Å²) in [5.41, 5.74) is 0.141. The molecule has 0 radical (unpaired) electrons. The molecule has 0 spiro atoms. The molecule has 0 atom stereocenters. The first-order valence-corrected chi connectivity index (χ1v) is 7.46. The second-order valence-electron chi connectivity index (χ2n) is 4.78.